The molecule has 0 bridgehead atoms. The molecule has 1 fully saturated rings. The van der Waals surface area contributed by atoms with E-state index >= 15 is 0 Å². The number of nitrogens with one attached hydrogen (secondary N) is 2. The fraction of sp³-hybridized carbons (Fsp3) is 0.389. The molecule has 1 heterocycles. The van der Waals surface area contributed by atoms with E-state index < -0.39 is 6.10 Å². The molecule has 5 nitrogen and oxygen atoms in total. The van der Waals surface area contributed by atoms with Gasteiger partial charge in [-0.15, -0.1) is 0 Å². The standard InChI is InChI=1S/C18H21FN2O3/c19-14-5-3-13(4-6-14)16-8-20-9-17(16)18(23)21-7-15(22)11-24-10-12-1-2-12/h3-6,8-9,12,15,20,22H,1-2,7,10-11H2,(H,21,23). The Morgan fingerprint density at radius 2 is 2.08 bits per heavy atom. The maximum absolute atomic E-state index is 13.0. The normalized spacial score (nSPS) is 15.2. The molecule has 0 radical (unpaired) electrons. The van der Waals surface area contributed by atoms with Crippen LogP contribution in [0.4, 0.5) is 4.39 Å². The van der Waals surface area contributed by atoms with Gasteiger partial charge in [0.1, 0.15) is 5.82 Å². The third-order valence-electron chi connectivity index (χ3n) is 4.00. The van der Waals surface area contributed by atoms with Crippen molar-refractivity contribution in [1.29, 1.82) is 0 Å². The number of H-pyrrole nitrogens is 1. The second kappa shape index (κ2) is 7.59. The first-order chi connectivity index (χ1) is 11.6. The van der Waals surface area contributed by atoms with Crippen molar-refractivity contribution in [2.24, 2.45) is 5.92 Å². The number of benzene rings is 1. The van der Waals surface area contributed by atoms with Crippen molar-refractivity contribution < 1.29 is 19.0 Å². The molecule has 1 unspecified atom stereocenters. The van der Waals surface area contributed by atoms with Gasteiger partial charge in [0.2, 0.25) is 0 Å². The highest BCUT2D eigenvalue weighted by Crippen LogP contribution is 2.28. The van der Waals surface area contributed by atoms with Gasteiger partial charge in [0, 0.05) is 31.1 Å². The second-order valence-corrected chi connectivity index (χ2v) is 6.13. The van der Waals surface area contributed by atoms with E-state index in [0.29, 0.717) is 23.7 Å². The quantitative estimate of drug-likeness (QED) is 0.695. The minimum Gasteiger partial charge on any atom is -0.389 e. The summed E-state index contributed by atoms with van der Waals surface area (Å²) in [5, 5.41) is 12.6. The van der Waals surface area contributed by atoms with Gasteiger partial charge in [-0.1, -0.05) is 12.1 Å². The molecule has 3 rings (SSSR count). The summed E-state index contributed by atoms with van der Waals surface area (Å²) in [7, 11) is 0. The van der Waals surface area contributed by atoms with Crippen LogP contribution in [0.15, 0.2) is 36.7 Å². The van der Waals surface area contributed by atoms with E-state index in [1.54, 1.807) is 24.5 Å². The highest BCUT2D eigenvalue weighted by Gasteiger charge is 2.22. The van der Waals surface area contributed by atoms with Gasteiger partial charge in [-0.2, -0.15) is 0 Å². The number of aromatic nitrogens is 1. The maximum atomic E-state index is 13.0. The summed E-state index contributed by atoms with van der Waals surface area (Å²) in [5.74, 6) is 0.0244. The average Bonchev–Trinajstić information content (AvgIpc) is 3.27. The van der Waals surface area contributed by atoms with Gasteiger partial charge in [0.15, 0.2) is 0 Å². The first kappa shape index (κ1) is 16.7. The highest BCUT2D eigenvalue weighted by molar-refractivity contribution is 6.00. The zero-order chi connectivity index (χ0) is 16.9. The van der Waals surface area contributed by atoms with Crippen molar-refractivity contribution in [3.05, 3.63) is 48.0 Å². The van der Waals surface area contributed by atoms with Gasteiger partial charge in [-0.05, 0) is 36.5 Å². The number of rotatable bonds is 8. The smallest absolute Gasteiger partial charge is 0.253 e. The van der Waals surface area contributed by atoms with Crippen LogP contribution in [0.5, 0.6) is 0 Å². The number of aliphatic hydroxyl groups excluding tert-OH is 1. The van der Waals surface area contributed by atoms with E-state index in [9.17, 15) is 14.3 Å². The van der Waals surface area contributed by atoms with Gasteiger partial charge in [-0.3, -0.25) is 4.79 Å². The Balaban J connectivity index is 1.53. The third kappa shape index (κ3) is 4.43. The summed E-state index contributed by atoms with van der Waals surface area (Å²) in [4.78, 5) is 15.2. The minimum absolute atomic E-state index is 0.123. The summed E-state index contributed by atoms with van der Waals surface area (Å²) in [6.07, 6.45) is 4.95. The lowest BCUT2D eigenvalue weighted by Crippen LogP contribution is -2.34. The van der Waals surface area contributed by atoms with Crippen LogP contribution in [0, 0.1) is 11.7 Å². The average molecular weight is 332 g/mol. The topological polar surface area (TPSA) is 74.3 Å². The van der Waals surface area contributed by atoms with Gasteiger partial charge in [0.05, 0.1) is 18.3 Å². The Kier molecular flexibility index (Phi) is 5.27. The van der Waals surface area contributed by atoms with Crippen LogP contribution in [0.25, 0.3) is 11.1 Å². The fourth-order valence-corrected chi connectivity index (χ4v) is 2.44. The Bertz CT molecular complexity index is 680. The first-order valence-electron chi connectivity index (χ1n) is 8.10. The van der Waals surface area contributed by atoms with E-state index in [1.165, 1.54) is 25.0 Å². The molecule has 0 saturated heterocycles. The lowest BCUT2D eigenvalue weighted by molar-refractivity contribution is 0.0321. The predicted molar refractivity (Wildman–Crippen MR) is 88.1 cm³/mol. The predicted octanol–water partition coefficient (Wildman–Crippen LogP) is 2.34. The van der Waals surface area contributed by atoms with E-state index in [-0.39, 0.29) is 24.9 Å². The highest BCUT2D eigenvalue weighted by atomic mass is 19.1. The zero-order valence-electron chi connectivity index (χ0n) is 13.3. The Hall–Kier alpha value is -2.18. The van der Waals surface area contributed by atoms with Crippen molar-refractivity contribution in [3.63, 3.8) is 0 Å². The van der Waals surface area contributed by atoms with Crippen LogP contribution in [0.1, 0.15) is 23.2 Å². The Labute approximate surface area is 139 Å². The molecule has 1 aromatic heterocycles. The molecule has 1 atom stereocenters. The van der Waals surface area contributed by atoms with Crippen LogP contribution < -0.4 is 5.32 Å². The number of halogens is 1. The van der Waals surface area contributed by atoms with E-state index in [2.05, 4.69) is 10.3 Å². The SMILES string of the molecule is O=C(NCC(O)COCC1CC1)c1c[nH]cc1-c1ccc(F)cc1. The van der Waals surface area contributed by atoms with Crippen LogP contribution >= 0.6 is 0 Å². The second-order valence-electron chi connectivity index (χ2n) is 6.13. The van der Waals surface area contributed by atoms with Gasteiger partial charge < -0.3 is 20.1 Å². The first-order valence-corrected chi connectivity index (χ1v) is 8.10. The Morgan fingerprint density at radius 1 is 1.33 bits per heavy atom. The van der Waals surface area contributed by atoms with Crippen molar-refractivity contribution in [2.75, 3.05) is 19.8 Å². The van der Waals surface area contributed by atoms with Crippen LogP contribution in [-0.4, -0.2) is 41.9 Å². The molecule has 1 saturated carbocycles. The summed E-state index contributed by atoms with van der Waals surface area (Å²) in [6.45, 7) is 1.02. The van der Waals surface area contributed by atoms with E-state index in [4.69, 9.17) is 4.74 Å². The third-order valence-corrected chi connectivity index (χ3v) is 4.00. The van der Waals surface area contributed by atoms with Gasteiger partial charge in [0.25, 0.3) is 5.91 Å². The molecular weight excluding hydrogens is 311 g/mol. The minimum atomic E-state index is -0.735. The molecule has 1 aliphatic carbocycles. The van der Waals surface area contributed by atoms with Crippen molar-refractivity contribution in [1.82, 2.24) is 10.3 Å². The summed E-state index contributed by atoms with van der Waals surface area (Å²) in [5.41, 5.74) is 1.88. The summed E-state index contributed by atoms with van der Waals surface area (Å²) in [6, 6.07) is 5.95. The molecule has 1 aliphatic rings. The maximum Gasteiger partial charge on any atom is 0.253 e. The van der Waals surface area contributed by atoms with Crippen LogP contribution in [0.3, 0.4) is 0 Å². The number of hydrogen-bond acceptors (Lipinski definition) is 3. The van der Waals surface area contributed by atoms with Crippen molar-refractivity contribution >= 4 is 5.91 Å². The van der Waals surface area contributed by atoms with Gasteiger partial charge >= 0.3 is 0 Å². The monoisotopic (exact) mass is 332 g/mol. The molecule has 24 heavy (non-hydrogen) atoms. The lowest BCUT2D eigenvalue weighted by Gasteiger charge is -2.12. The van der Waals surface area contributed by atoms with Crippen LogP contribution in [0.2, 0.25) is 0 Å². The molecule has 1 amide bonds. The lowest BCUT2D eigenvalue weighted by atomic mass is 10.0. The number of aromatic amines is 1. The molecular formula is C18H21FN2O3. The number of ether oxygens (including phenoxy) is 1. The van der Waals surface area contributed by atoms with E-state index in [1.807, 2.05) is 0 Å². The molecule has 0 aliphatic heterocycles. The summed E-state index contributed by atoms with van der Waals surface area (Å²) >= 11 is 0. The molecule has 6 heteroatoms. The number of aliphatic hydroxyl groups is 1. The summed E-state index contributed by atoms with van der Waals surface area (Å²) < 4.78 is 18.4. The number of amides is 1. The molecule has 2 aromatic rings. The molecule has 1 aromatic carbocycles. The number of carbonyl (C=O) groups is 1. The Morgan fingerprint density at radius 3 is 2.79 bits per heavy atom. The molecule has 3 N–H and O–H groups in total. The van der Waals surface area contributed by atoms with Crippen molar-refractivity contribution in [3.8, 4) is 11.1 Å². The number of carbonyl (C=O) groups excluding carboxylic acids is 1. The van der Waals surface area contributed by atoms with Gasteiger partial charge in [-0.25, -0.2) is 4.39 Å². The van der Waals surface area contributed by atoms with Crippen molar-refractivity contribution in [2.45, 2.75) is 18.9 Å². The molecule has 128 valence electrons. The van der Waals surface area contributed by atoms with E-state index in [0.717, 1.165) is 5.56 Å². The van der Waals surface area contributed by atoms with Crippen LogP contribution in [-0.2, 0) is 4.74 Å². The fourth-order valence-electron chi connectivity index (χ4n) is 2.44. The zero-order valence-corrected chi connectivity index (χ0v) is 13.3. The number of hydrogen-bond donors (Lipinski definition) is 3. The largest absolute Gasteiger partial charge is 0.389 e. The molecule has 0 spiro atoms.